The summed E-state index contributed by atoms with van der Waals surface area (Å²) in [6.45, 7) is 24.5. The quantitative estimate of drug-likeness (QED) is 0.728. The normalized spacial score (nSPS) is 17.7. The standard InChI is InChI=1S/C16H40N2OSi2/c1-15(2,3)20(7,8)13(17)11-19-12-14(18)21(9,10)16(4,5)6/h13-14H,11-12,17-18H2,1-10H3. The Morgan fingerprint density at radius 1 is 0.714 bits per heavy atom. The Bertz CT molecular complexity index is 298. The Labute approximate surface area is 135 Å². The molecular weight excluding hydrogens is 292 g/mol. The Morgan fingerprint density at radius 2 is 0.952 bits per heavy atom. The molecule has 0 heterocycles. The van der Waals surface area contributed by atoms with Crippen LogP contribution in [0.15, 0.2) is 0 Å². The van der Waals surface area contributed by atoms with Crippen LogP contribution in [0.25, 0.3) is 0 Å². The average molecular weight is 333 g/mol. The lowest BCUT2D eigenvalue weighted by atomic mass is 10.2. The van der Waals surface area contributed by atoms with Crippen molar-refractivity contribution in [1.82, 2.24) is 0 Å². The van der Waals surface area contributed by atoms with Crippen molar-refractivity contribution in [2.75, 3.05) is 13.2 Å². The van der Waals surface area contributed by atoms with Gasteiger partial charge in [-0.3, -0.25) is 0 Å². The summed E-state index contributed by atoms with van der Waals surface area (Å²) in [6.07, 6.45) is 0. The fraction of sp³-hybridized carbons (Fsp3) is 1.00. The molecule has 0 saturated carbocycles. The van der Waals surface area contributed by atoms with Gasteiger partial charge in [0, 0.05) is 11.3 Å². The van der Waals surface area contributed by atoms with Crippen LogP contribution in [0, 0.1) is 0 Å². The molecule has 0 aliphatic heterocycles. The summed E-state index contributed by atoms with van der Waals surface area (Å²) >= 11 is 0. The van der Waals surface area contributed by atoms with E-state index in [1.807, 2.05) is 0 Å². The minimum atomic E-state index is -1.54. The van der Waals surface area contributed by atoms with E-state index in [1.54, 1.807) is 0 Å². The molecule has 5 heteroatoms. The molecule has 0 spiro atoms. The highest BCUT2D eigenvalue weighted by Crippen LogP contribution is 2.38. The SMILES string of the molecule is CC(C)(C)[Si](C)(C)C(N)COCC(N)[Si](C)(C)C(C)(C)C. The first kappa shape index (κ1) is 21.3. The van der Waals surface area contributed by atoms with Crippen LogP contribution in [0.3, 0.4) is 0 Å². The maximum Gasteiger partial charge on any atom is 0.0745 e. The van der Waals surface area contributed by atoms with E-state index in [1.165, 1.54) is 0 Å². The molecule has 0 aromatic carbocycles. The van der Waals surface area contributed by atoms with Crippen LogP contribution >= 0.6 is 0 Å². The van der Waals surface area contributed by atoms with Crippen LogP contribution in [0.5, 0.6) is 0 Å². The first-order valence-corrected chi connectivity index (χ1v) is 14.3. The molecule has 0 rings (SSSR count). The zero-order valence-corrected chi connectivity index (χ0v) is 18.1. The van der Waals surface area contributed by atoms with Crippen molar-refractivity contribution in [3.8, 4) is 0 Å². The van der Waals surface area contributed by atoms with Gasteiger partial charge < -0.3 is 16.2 Å². The molecular formula is C16H40N2OSi2. The first-order chi connectivity index (χ1) is 9.05. The van der Waals surface area contributed by atoms with Crippen molar-refractivity contribution in [3.05, 3.63) is 0 Å². The summed E-state index contributed by atoms with van der Waals surface area (Å²) in [4.78, 5) is 0. The molecule has 0 aromatic rings. The third kappa shape index (κ3) is 5.17. The zero-order valence-electron chi connectivity index (χ0n) is 16.1. The van der Waals surface area contributed by atoms with Crippen molar-refractivity contribution < 1.29 is 4.74 Å². The Kier molecular flexibility index (Phi) is 6.93. The zero-order chi connectivity index (χ0) is 17.3. The molecule has 2 unspecified atom stereocenters. The summed E-state index contributed by atoms with van der Waals surface area (Å²) in [5, 5.41) is 0.578. The van der Waals surface area contributed by atoms with Gasteiger partial charge >= 0.3 is 0 Å². The highest BCUT2D eigenvalue weighted by Gasteiger charge is 2.42. The van der Waals surface area contributed by atoms with Gasteiger partial charge in [0.1, 0.15) is 0 Å². The van der Waals surface area contributed by atoms with E-state index in [0.29, 0.717) is 13.2 Å². The van der Waals surface area contributed by atoms with Crippen LogP contribution in [0.2, 0.25) is 36.3 Å². The van der Waals surface area contributed by atoms with E-state index in [9.17, 15) is 0 Å². The van der Waals surface area contributed by atoms with Crippen molar-refractivity contribution in [2.24, 2.45) is 11.5 Å². The van der Waals surface area contributed by atoms with Crippen LogP contribution in [-0.2, 0) is 4.74 Å². The predicted molar refractivity (Wildman–Crippen MR) is 101 cm³/mol. The van der Waals surface area contributed by atoms with Gasteiger partial charge in [-0.1, -0.05) is 67.7 Å². The smallest absolute Gasteiger partial charge is 0.0745 e. The van der Waals surface area contributed by atoms with Crippen LogP contribution in [0.4, 0.5) is 0 Å². The average Bonchev–Trinajstić information content (AvgIpc) is 2.25. The van der Waals surface area contributed by atoms with Crippen molar-refractivity contribution in [2.45, 2.75) is 89.1 Å². The number of hydrogen-bond donors (Lipinski definition) is 2. The molecule has 2 atom stereocenters. The molecule has 0 saturated heterocycles. The number of hydrogen-bond acceptors (Lipinski definition) is 3. The van der Waals surface area contributed by atoms with Crippen LogP contribution in [0.1, 0.15) is 41.5 Å². The van der Waals surface area contributed by atoms with E-state index in [2.05, 4.69) is 67.7 Å². The molecule has 0 aliphatic rings. The number of ether oxygens (including phenoxy) is 1. The van der Waals surface area contributed by atoms with Gasteiger partial charge in [-0.05, 0) is 10.1 Å². The van der Waals surface area contributed by atoms with Gasteiger partial charge in [0.25, 0.3) is 0 Å². The van der Waals surface area contributed by atoms with Crippen molar-refractivity contribution in [3.63, 3.8) is 0 Å². The third-order valence-corrected chi connectivity index (χ3v) is 18.1. The Hall–Kier alpha value is 0.314. The summed E-state index contributed by atoms with van der Waals surface area (Å²) in [7, 11) is -3.08. The van der Waals surface area contributed by atoms with E-state index >= 15 is 0 Å². The monoisotopic (exact) mass is 332 g/mol. The van der Waals surface area contributed by atoms with E-state index < -0.39 is 16.1 Å². The van der Waals surface area contributed by atoms with E-state index in [4.69, 9.17) is 16.2 Å². The molecule has 0 amide bonds. The molecule has 0 fully saturated rings. The Morgan fingerprint density at radius 3 is 1.14 bits per heavy atom. The molecule has 0 radical (unpaired) electrons. The molecule has 128 valence electrons. The number of nitrogens with two attached hydrogens (primary N) is 2. The van der Waals surface area contributed by atoms with Crippen molar-refractivity contribution in [1.29, 1.82) is 0 Å². The van der Waals surface area contributed by atoms with Gasteiger partial charge in [0.15, 0.2) is 0 Å². The van der Waals surface area contributed by atoms with Gasteiger partial charge in [0.05, 0.1) is 29.4 Å². The molecule has 0 bridgehead atoms. The highest BCUT2D eigenvalue weighted by molar-refractivity contribution is 6.82. The van der Waals surface area contributed by atoms with Gasteiger partial charge in [-0.15, -0.1) is 0 Å². The number of rotatable bonds is 6. The highest BCUT2D eigenvalue weighted by atomic mass is 28.3. The molecule has 0 aromatic heterocycles. The van der Waals surface area contributed by atoms with Gasteiger partial charge in [0.2, 0.25) is 0 Å². The second-order valence-corrected chi connectivity index (χ2v) is 21.1. The first-order valence-electron chi connectivity index (χ1n) is 8.14. The van der Waals surface area contributed by atoms with Crippen molar-refractivity contribution >= 4 is 16.1 Å². The van der Waals surface area contributed by atoms with Gasteiger partial charge in [-0.25, -0.2) is 0 Å². The van der Waals surface area contributed by atoms with Crippen LogP contribution in [-0.4, -0.2) is 40.7 Å². The summed E-state index contributed by atoms with van der Waals surface area (Å²) in [5.41, 5.74) is 13.2. The maximum absolute atomic E-state index is 6.43. The lowest BCUT2D eigenvalue weighted by molar-refractivity contribution is 0.130. The van der Waals surface area contributed by atoms with E-state index in [-0.39, 0.29) is 21.4 Å². The predicted octanol–water partition coefficient (Wildman–Crippen LogP) is 3.75. The second kappa shape index (κ2) is 6.83. The molecule has 4 N–H and O–H groups in total. The lowest BCUT2D eigenvalue weighted by Crippen LogP contribution is -2.58. The topological polar surface area (TPSA) is 61.3 Å². The minimum absolute atomic E-state index is 0.157. The Balaban J connectivity index is 4.52. The maximum atomic E-state index is 6.43. The van der Waals surface area contributed by atoms with E-state index in [0.717, 1.165) is 0 Å². The lowest BCUT2D eigenvalue weighted by Gasteiger charge is -2.43. The molecule has 3 nitrogen and oxygen atoms in total. The van der Waals surface area contributed by atoms with Crippen LogP contribution < -0.4 is 11.5 Å². The fourth-order valence-corrected chi connectivity index (χ4v) is 5.14. The minimum Gasteiger partial charge on any atom is -0.379 e. The summed E-state index contributed by atoms with van der Waals surface area (Å²) < 4.78 is 5.94. The largest absolute Gasteiger partial charge is 0.379 e. The summed E-state index contributed by atoms with van der Waals surface area (Å²) in [6, 6.07) is 0. The second-order valence-electron chi connectivity index (χ2n) is 9.69. The fourth-order valence-electron chi connectivity index (χ4n) is 1.85. The molecule has 0 aliphatic carbocycles. The molecule has 21 heavy (non-hydrogen) atoms. The third-order valence-electron chi connectivity index (χ3n) is 6.31. The van der Waals surface area contributed by atoms with Gasteiger partial charge in [-0.2, -0.15) is 0 Å². The summed E-state index contributed by atoms with van der Waals surface area (Å²) in [5.74, 6) is 0.